The molecule has 2 aromatic carbocycles. The van der Waals surface area contributed by atoms with Crippen molar-refractivity contribution in [2.45, 2.75) is 26.9 Å². The fourth-order valence-electron chi connectivity index (χ4n) is 2.32. The summed E-state index contributed by atoms with van der Waals surface area (Å²) in [6.45, 7) is 5.01. The molecular weight excluding hydrogens is 375 g/mol. The Bertz CT molecular complexity index is 809. The van der Waals surface area contributed by atoms with Crippen LogP contribution in [0, 0.1) is 0 Å². The zero-order chi connectivity index (χ0) is 19.3. The largest absolute Gasteiger partial charge is 0.489 e. The molecule has 0 bridgehead atoms. The Morgan fingerprint density at radius 3 is 2.46 bits per heavy atom. The Morgan fingerprint density at radius 1 is 1.15 bits per heavy atom. The Balaban J connectivity index is 2.21. The number of nitrogens with zero attached hydrogens (tertiary/aromatic N) is 1. The fraction of sp³-hybridized carbons (Fsp3) is 0.263. The highest BCUT2D eigenvalue weighted by Gasteiger charge is 2.20. The second-order valence-electron chi connectivity index (χ2n) is 5.91. The maximum Gasteiger partial charge on any atom is 0.244 e. The number of halogens is 2. The molecule has 0 aromatic heterocycles. The van der Waals surface area contributed by atoms with Crippen molar-refractivity contribution in [3.63, 3.8) is 0 Å². The molecule has 0 aliphatic heterocycles. The first-order valence-corrected chi connectivity index (χ1v) is 8.82. The third-order valence-electron chi connectivity index (χ3n) is 3.41. The van der Waals surface area contributed by atoms with Gasteiger partial charge in [0.15, 0.2) is 0 Å². The van der Waals surface area contributed by atoms with Gasteiger partial charge in [-0.05, 0) is 44.2 Å². The summed E-state index contributed by atoms with van der Waals surface area (Å²) in [5, 5.41) is 3.48. The average molecular weight is 395 g/mol. The van der Waals surface area contributed by atoms with Crippen molar-refractivity contribution < 1.29 is 14.3 Å². The van der Waals surface area contributed by atoms with Crippen molar-refractivity contribution in [2.24, 2.45) is 0 Å². The number of rotatable bonds is 6. The van der Waals surface area contributed by atoms with Crippen LogP contribution < -0.4 is 15.0 Å². The molecule has 5 nitrogen and oxygen atoms in total. The summed E-state index contributed by atoms with van der Waals surface area (Å²) in [5.41, 5.74) is 0.960. The molecule has 0 aliphatic carbocycles. The van der Waals surface area contributed by atoms with Gasteiger partial charge in [0.2, 0.25) is 11.8 Å². The van der Waals surface area contributed by atoms with Gasteiger partial charge in [-0.2, -0.15) is 0 Å². The number of para-hydroxylation sites is 2. The Hall–Kier alpha value is -2.24. The Kier molecular flexibility index (Phi) is 6.89. The third-order valence-corrected chi connectivity index (χ3v) is 3.95. The minimum Gasteiger partial charge on any atom is -0.489 e. The number of carbonyl (C=O) groups is 2. The zero-order valence-corrected chi connectivity index (χ0v) is 16.3. The van der Waals surface area contributed by atoms with Crippen LogP contribution >= 0.6 is 23.2 Å². The number of hydrogen-bond donors (Lipinski definition) is 1. The van der Waals surface area contributed by atoms with E-state index in [1.54, 1.807) is 30.3 Å². The minimum atomic E-state index is -0.385. The maximum absolute atomic E-state index is 12.4. The predicted molar refractivity (Wildman–Crippen MR) is 105 cm³/mol. The van der Waals surface area contributed by atoms with E-state index < -0.39 is 0 Å². The first-order valence-electron chi connectivity index (χ1n) is 8.06. The van der Waals surface area contributed by atoms with Crippen LogP contribution in [0.25, 0.3) is 0 Å². The number of nitrogens with one attached hydrogen (secondary N) is 1. The standard InChI is InChI=1S/C19H20Cl2N2O3/c1-12(2)26-18-7-5-4-6-17(18)23(13(3)24)11-19(25)22-16-9-8-14(20)10-15(16)21/h4-10,12H,11H2,1-3H3,(H,22,25). The van der Waals surface area contributed by atoms with Crippen molar-refractivity contribution >= 4 is 46.4 Å². The van der Waals surface area contributed by atoms with Crippen LogP contribution in [-0.4, -0.2) is 24.5 Å². The molecule has 2 aromatic rings. The molecule has 0 saturated carbocycles. The summed E-state index contributed by atoms with van der Waals surface area (Å²) >= 11 is 11.9. The van der Waals surface area contributed by atoms with Gasteiger partial charge >= 0.3 is 0 Å². The monoisotopic (exact) mass is 394 g/mol. The molecule has 0 fully saturated rings. The van der Waals surface area contributed by atoms with E-state index in [-0.39, 0.29) is 24.5 Å². The molecule has 0 unspecified atom stereocenters. The summed E-state index contributed by atoms with van der Waals surface area (Å²) in [6, 6.07) is 11.9. The van der Waals surface area contributed by atoms with E-state index >= 15 is 0 Å². The molecular formula is C19H20Cl2N2O3. The van der Waals surface area contributed by atoms with Crippen molar-refractivity contribution in [3.8, 4) is 5.75 Å². The molecule has 0 heterocycles. The van der Waals surface area contributed by atoms with Crippen LogP contribution in [0.5, 0.6) is 5.75 Å². The summed E-state index contributed by atoms with van der Waals surface area (Å²) in [4.78, 5) is 25.9. The first kappa shape index (κ1) is 20.1. The lowest BCUT2D eigenvalue weighted by Gasteiger charge is -2.24. The van der Waals surface area contributed by atoms with Crippen LogP contribution in [0.1, 0.15) is 20.8 Å². The lowest BCUT2D eigenvalue weighted by Crippen LogP contribution is -2.37. The molecule has 0 atom stereocenters. The quantitative estimate of drug-likeness (QED) is 0.767. The molecule has 0 aliphatic rings. The number of anilines is 2. The highest BCUT2D eigenvalue weighted by atomic mass is 35.5. The number of amides is 2. The molecule has 26 heavy (non-hydrogen) atoms. The van der Waals surface area contributed by atoms with Crippen LogP contribution in [-0.2, 0) is 9.59 Å². The van der Waals surface area contributed by atoms with E-state index in [0.29, 0.717) is 27.2 Å². The van der Waals surface area contributed by atoms with E-state index in [2.05, 4.69) is 5.32 Å². The normalized spacial score (nSPS) is 10.5. The summed E-state index contributed by atoms with van der Waals surface area (Å²) < 4.78 is 5.75. The molecule has 2 rings (SSSR count). The van der Waals surface area contributed by atoms with Gasteiger partial charge in [0.05, 0.1) is 22.5 Å². The summed E-state index contributed by atoms with van der Waals surface area (Å²) in [7, 11) is 0. The topological polar surface area (TPSA) is 58.6 Å². The SMILES string of the molecule is CC(=O)N(CC(=O)Nc1ccc(Cl)cc1Cl)c1ccccc1OC(C)C. The summed E-state index contributed by atoms with van der Waals surface area (Å²) in [6.07, 6.45) is -0.0633. The molecule has 1 N–H and O–H groups in total. The minimum absolute atomic E-state index is 0.0633. The zero-order valence-electron chi connectivity index (χ0n) is 14.8. The lowest BCUT2D eigenvalue weighted by atomic mass is 10.2. The van der Waals surface area contributed by atoms with Gasteiger partial charge in [-0.15, -0.1) is 0 Å². The molecule has 2 amide bonds. The highest BCUT2D eigenvalue weighted by Crippen LogP contribution is 2.29. The molecule has 7 heteroatoms. The Morgan fingerprint density at radius 2 is 1.85 bits per heavy atom. The number of ether oxygens (including phenoxy) is 1. The van der Waals surface area contributed by atoms with E-state index in [1.165, 1.54) is 17.9 Å². The maximum atomic E-state index is 12.4. The van der Waals surface area contributed by atoms with Crippen molar-refractivity contribution in [1.82, 2.24) is 0 Å². The number of carbonyl (C=O) groups excluding carboxylic acids is 2. The number of benzene rings is 2. The van der Waals surface area contributed by atoms with E-state index in [0.717, 1.165) is 0 Å². The van der Waals surface area contributed by atoms with Crippen LogP contribution in [0.3, 0.4) is 0 Å². The van der Waals surface area contributed by atoms with Crippen LogP contribution in [0.2, 0.25) is 10.0 Å². The molecule has 0 spiro atoms. The van der Waals surface area contributed by atoms with Gasteiger partial charge in [0, 0.05) is 11.9 Å². The van der Waals surface area contributed by atoms with Gasteiger partial charge in [0.1, 0.15) is 12.3 Å². The fourth-order valence-corrected chi connectivity index (χ4v) is 2.78. The third kappa shape index (κ3) is 5.38. The van der Waals surface area contributed by atoms with Crippen molar-refractivity contribution in [1.29, 1.82) is 0 Å². The predicted octanol–water partition coefficient (Wildman–Crippen LogP) is 4.77. The first-order chi connectivity index (χ1) is 12.3. The van der Waals surface area contributed by atoms with E-state index in [4.69, 9.17) is 27.9 Å². The van der Waals surface area contributed by atoms with Gasteiger partial charge < -0.3 is 10.1 Å². The number of hydrogen-bond acceptors (Lipinski definition) is 3. The second-order valence-corrected chi connectivity index (χ2v) is 6.76. The van der Waals surface area contributed by atoms with E-state index in [9.17, 15) is 9.59 Å². The highest BCUT2D eigenvalue weighted by molar-refractivity contribution is 6.36. The van der Waals surface area contributed by atoms with Gasteiger partial charge in [-0.25, -0.2) is 0 Å². The summed E-state index contributed by atoms with van der Waals surface area (Å²) in [5.74, 6) is -0.124. The average Bonchev–Trinajstić information content (AvgIpc) is 2.55. The molecule has 138 valence electrons. The van der Waals surface area contributed by atoms with Gasteiger partial charge in [0.25, 0.3) is 0 Å². The Labute approximate surface area is 162 Å². The smallest absolute Gasteiger partial charge is 0.244 e. The molecule has 0 radical (unpaired) electrons. The second kappa shape index (κ2) is 8.92. The van der Waals surface area contributed by atoms with Crippen LogP contribution in [0.15, 0.2) is 42.5 Å². The van der Waals surface area contributed by atoms with Crippen LogP contribution in [0.4, 0.5) is 11.4 Å². The van der Waals surface area contributed by atoms with Crippen molar-refractivity contribution in [2.75, 3.05) is 16.8 Å². The molecule has 0 saturated heterocycles. The van der Waals surface area contributed by atoms with Crippen molar-refractivity contribution in [3.05, 3.63) is 52.5 Å². The van der Waals surface area contributed by atoms with Gasteiger partial charge in [-0.3, -0.25) is 14.5 Å². The van der Waals surface area contributed by atoms with Gasteiger partial charge in [-0.1, -0.05) is 35.3 Å². The van der Waals surface area contributed by atoms with E-state index in [1.807, 2.05) is 19.9 Å². The lowest BCUT2D eigenvalue weighted by molar-refractivity contribution is -0.120.